The molecule has 104 valence electrons. The maximum Gasteiger partial charge on any atom is 0.272 e. The normalized spacial score (nSPS) is 23.4. The largest absolute Gasteiger partial charge is 0.337 e. The lowest BCUT2D eigenvalue weighted by atomic mass is 9.93. The molecule has 1 saturated heterocycles. The molecule has 1 aliphatic heterocycles. The van der Waals surface area contributed by atoms with Gasteiger partial charge in [-0.1, -0.05) is 13.8 Å². The van der Waals surface area contributed by atoms with Crippen LogP contribution in [0.3, 0.4) is 0 Å². The number of aromatic nitrogens is 1. The van der Waals surface area contributed by atoms with Crippen LogP contribution in [0.1, 0.15) is 30.8 Å². The van der Waals surface area contributed by atoms with Gasteiger partial charge in [0.05, 0.1) is 6.20 Å². The van der Waals surface area contributed by atoms with Gasteiger partial charge >= 0.3 is 0 Å². The van der Waals surface area contributed by atoms with Crippen molar-refractivity contribution >= 4 is 5.91 Å². The van der Waals surface area contributed by atoms with Gasteiger partial charge in [0.15, 0.2) is 0 Å². The smallest absolute Gasteiger partial charge is 0.272 e. The molecule has 0 spiro atoms. The molecule has 5 heteroatoms. The van der Waals surface area contributed by atoms with Crippen LogP contribution in [0.25, 0.3) is 0 Å². The van der Waals surface area contributed by atoms with Gasteiger partial charge in [0.25, 0.3) is 5.91 Å². The summed E-state index contributed by atoms with van der Waals surface area (Å²) in [5, 5.41) is 3.44. The molecule has 0 aliphatic carbocycles. The molecule has 2 atom stereocenters. The molecule has 2 heterocycles. The summed E-state index contributed by atoms with van der Waals surface area (Å²) in [5.74, 6) is -0.115. The van der Waals surface area contributed by atoms with E-state index in [2.05, 4.69) is 24.1 Å². The van der Waals surface area contributed by atoms with Gasteiger partial charge in [0.2, 0.25) is 0 Å². The SMILES string of the molecule is CCNC1CCN(C(=O)c2ccc(F)cn2)CC1C. The van der Waals surface area contributed by atoms with Gasteiger partial charge in [-0.2, -0.15) is 0 Å². The number of halogens is 1. The van der Waals surface area contributed by atoms with Crippen LogP contribution in [-0.2, 0) is 0 Å². The number of likely N-dealkylation sites (tertiary alicyclic amines) is 1. The second-order valence-corrected chi connectivity index (χ2v) is 5.04. The lowest BCUT2D eigenvalue weighted by Gasteiger charge is -2.37. The highest BCUT2D eigenvalue weighted by atomic mass is 19.1. The van der Waals surface area contributed by atoms with Crippen LogP contribution >= 0.6 is 0 Å². The second kappa shape index (κ2) is 6.10. The van der Waals surface area contributed by atoms with E-state index in [0.29, 0.717) is 17.7 Å². The summed E-state index contributed by atoms with van der Waals surface area (Å²) >= 11 is 0. The summed E-state index contributed by atoms with van der Waals surface area (Å²) in [6.45, 7) is 6.62. The number of hydrogen-bond acceptors (Lipinski definition) is 3. The van der Waals surface area contributed by atoms with Gasteiger partial charge < -0.3 is 10.2 Å². The van der Waals surface area contributed by atoms with E-state index in [9.17, 15) is 9.18 Å². The monoisotopic (exact) mass is 265 g/mol. The minimum absolute atomic E-state index is 0.109. The van der Waals surface area contributed by atoms with Crippen LogP contribution in [0.2, 0.25) is 0 Å². The number of piperidine rings is 1. The van der Waals surface area contributed by atoms with E-state index in [1.807, 2.05) is 0 Å². The zero-order chi connectivity index (χ0) is 13.8. The van der Waals surface area contributed by atoms with Crippen molar-refractivity contribution in [2.45, 2.75) is 26.3 Å². The lowest BCUT2D eigenvalue weighted by Crippen LogP contribution is -2.50. The zero-order valence-electron chi connectivity index (χ0n) is 11.4. The third-order valence-corrected chi connectivity index (χ3v) is 3.61. The first-order chi connectivity index (χ1) is 9.11. The van der Waals surface area contributed by atoms with Crippen molar-refractivity contribution in [1.82, 2.24) is 15.2 Å². The number of carbonyl (C=O) groups is 1. The first-order valence-electron chi connectivity index (χ1n) is 6.76. The second-order valence-electron chi connectivity index (χ2n) is 5.04. The molecule has 1 aliphatic rings. The van der Waals surface area contributed by atoms with Gasteiger partial charge in [-0.05, 0) is 31.0 Å². The molecule has 1 aromatic rings. The van der Waals surface area contributed by atoms with E-state index in [1.54, 1.807) is 4.90 Å². The summed E-state index contributed by atoms with van der Waals surface area (Å²) in [7, 11) is 0. The fourth-order valence-electron chi connectivity index (χ4n) is 2.56. The average Bonchev–Trinajstić information content (AvgIpc) is 2.41. The van der Waals surface area contributed by atoms with Crippen molar-refractivity contribution in [1.29, 1.82) is 0 Å². The van der Waals surface area contributed by atoms with E-state index < -0.39 is 5.82 Å². The number of nitrogens with zero attached hydrogens (tertiary/aromatic N) is 2. The van der Waals surface area contributed by atoms with Gasteiger partial charge in [0.1, 0.15) is 11.5 Å². The van der Waals surface area contributed by atoms with E-state index in [4.69, 9.17) is 0 Å². The predicted octanol–water partition coefficient (Wildman–Crippen LogP) is 1.68. The average molecular weight is 265 g/mol. The Labute approximate surface area is 113 Å². The van der Waals surface area contributed by atoms with Crippen molar-refractivity contribution in [2.75, 3.05) is 19.6 Å². The molecule has 1 amide bonds. The van der Waals surface area contributed by atoms with Crippen LogP contribution < -0.4 is 5.32 Å². The van der Waals surface area contributed by atoms with Crippen LogP contribution in [0.15, 0.2) is 18.3 Å². The van der Waals surface area contributed by atoms with Crippen molar-refractivity contribution < 1.29 is 9.18 Å². The summed E-state index contributed by atoms with van der Waals surface area (Å²) in [4.78, 5) is 17.9. The Hall–Kier alpha value is -1.49. The minimum atomic E-state index is -0.421. The number of pyridine rings is 1. The van der Waals surface area contributed by atoms with Crippen LogP contribution in [0.4, 0.5) is 4.39 Å². The fraction of sp³-hybridized carbons (Fsp3) is 0.571. The third kappa shape index (κ3) is 3.29. The van der Waals surface area contributed by atoms with Crippen molar-refractivity contribution in [3.63, 3.8) is 0 Å². The van der Waals surface area contributed by atoms with Gasteiger partial charge in [0, 0.05) is 19.1 Å². The Morgan fingerprint density at radius 3 is 2.95 bits per heavy atom. The third-order valence-electron chi connectivity index (χ3n) is 3.61. The highest BCUT2D eigenvalue weighted by Crippen LogP contribution is 2.18. The predicted molar refractivity (Wildman–Crippen MR) is 71.3 cm³/mol. The highest BCUT2D eigenvalue weighted by molar-refractivity contribution is 5.92. The van der Waals surface area contributed by atoms with E-state index in [-0.39, 0.29) is 5.91 Å². The molecule has 2 unspecified atom stereocenters. The Kier molecular flexibility index (Phi) is 4.47. The molecule has 0 radical (unpaired) electrons. The standard InChI is InChI=1S/C14H20FN3O/c1-3-16-12-6-7-18(9-10(12)2)14(19)13-5-4-11(15)8-17-13/h4-5,8,10,12,16H,3,6-7,9H2,1-2H3. The maximum absolute atomic E-state index is 12.8. The van der Waals surface area contributed by atoms with E-state index in [1.165, 1.54) is 12.1 Å². The summed E-state index contributed by atoms with van der Waals surface area (Å²) in [6, 6.07) is 3.18. The van der Waals surface area contributed by atoms with Crippen molar-refractivity contribution in [2.24, 2.45) is 5.92 Å². The van der Waals surface area contributed by atoms with E-state index in [0.717, 1.165) is 32.3 Å². The van der Waals surface area contributed by atoms with Gasteiger partial charge in [-0.3, -0.25) is 4.79 Å². The molecule has 4 nitrogen and oxygen atoms in total. The fourth-order valence-corrected chi connectivity index (χ4v) is 2.56. The van der Waals surface area contributed by atoms with Crippen molar-refractivity contribution in [3.8, 4) is 0 Å². The summed E-state index contributed by atoms with van der Waals surface area (Å²) < 4.78 is 12.8. The zero-order valence-corrected chi connectivity index (χ0v) is 11.4. The molecule has 19 heavy (non-hydrogen) atoms. The quantitative estimate of drug-likeness (QED) is 0.904. The number of amides is 1. The van der Waals surface area contributed by atoms with Crippen LogP contribution in [0, 0.1) is 11.7 Å². The van der Waals surface area contributed by atoms with Crippen LogP contribution in [0.5, 0.6) is 0 Å². The Morgan fingerprint density at radius 1 is 1.58 bits per heavy atom. The van der Waals surface area contributed by atoms with Crippen molar-refractivity contribution in [3.05, 3.63) is 29.8 Å². The summed E-state index contributed by atoms with van der Waals surface area (Å²) in [6.07, 6.45) is 2.03. The number of rotatable bonds is 3. The number of nitrogens with one attached hydrogen (secondary N) is 1. The minimum Gasteiger partial charge on any atom is -0.337 e. The molecule has 0 saturated carbocycles. The Morgan fingerprint density at radius 2 is 2.37 bits per heavy atom. The molecule has 1 N–H and O–H groups in total. The summed E-state index contributed by atoms with van der Waals surface area (Å²) in [5.41, 5.74) is 0.315. The van der Waals surface area contributed by atoms with Gasteiger partial charge in [-0.25, -0.2) is 9.37 Å². The molecule has 0 aromatic carbocycles. The molecular formula is C14H20FN3O. The lowest BCUT2D eigenvalue weighted by molar-refractivity contribution is 0.0640. The molecule has 1 fully saturated rings. The first kappa shape index (κ1) is 13.9. The molecule has 1 aromatic heterocycles. The maximum atomic E-state index is 12.8. The number of carbonyl (C=O) groups excluding carboxylic acids is 1. The van der Waals surface area contributed by atoms with Gasteiger partial charge in [-0.15, -0.1) is 0 Å². The molecular weight excluding hydrogens is 245 g/mol. The molecule has 0 bridgehead atoms. The Bertz CT molecular complexity index is 435. The molecule has 2 rings (SSSR count). The van der Waals surface area contributed by atoms with Crippen LogP contribution in [-0.4, -0.2) is 41.5 Å². The number of hydrogen-bond donors (Lipinski definition) is 1. The first-order valence-corrected chi connectivity index (χ1v) is 6.76. The van der Waals surface area contributed by atoms with E-state index >= 15 is 0 Å². The highest BCUT2D eigenvalue weighted by Gasteiger charge is 2.28. The Balaban J connectivity index is 2.00. The topological polar surface area (TPSA) is 45.2 Å².